The van der Waals surface area contributed by atoms with E-state index in [0.717, 1.165) is 6.07 Å². The summed E-state index contributed by atoms with van der Waals surface area (Å²) in [6.45, 7) is 1.58. The Bertz CT molecular complexity index is 379. The number of carboxylic acids is 1. The van der Waals surface area contributed by atoms with Crippen LogP contribution in [0.3, 0.4) is 0 Å². The fourth-order valence-corrected chi connectivity index (χ4v) is 1.13. The van der Waals surface area contributed by atoms with Gasteiger partial charge < -0.3 is 15.9 Å². The minimum absolute atomic E-state index is 0.116. The monoisotopic (exact) mass is 199 g/mol. The van der Waals surface area contributed by atoms with Gasteiger partial charge in [0.1, 0.15) is 6.04 Å². The number of phenolic OH excluding ortho intramolecular Hbond substituents is 1. The second kappa shape index (κ2) is 3.63. The van der Waals surface area contributed by atoms with E-state index in [1.807, 2.05) is 0 Å². The van der Waals surface area contributed by atoms with Crippen molar-refractivity contribution in [3.63, 3.8) is 0 Å². The minimum Gasteiger partial charge on any atom is -0.505 e. The SMILES string of the molecule is Cc1cc(F)c(O)c(C(N)C(=O)O)c1. The number of halogens is 1. The van der Waals surface area contributed by atoms with Crippen molar-refractivity contribution in [1.82, 2.24) is 0 Å². The average molecular weight is 199 g/mol. The number of carboxylic acid groups (broad SMARTS) is 1. The molecule has 1 aromatic carbocycles. The fourth-order valence-electron chi connectivity index (χ4n) is 1.13. The summed E-state index contributed by atoms with van der Waals surface area (Å²) in [4.78, 5) is 10.5. The van der Waals surface area contributed by atoms with E-state index in [-0.39, 0.29) is 5.56 Å². The molecule has 0 radical (unpaired) electrons. The zero-order valence-corrected chi connectivity index (χ0v) is 7.49. The molecular weight excluding hydrogens is 189 g/mol. The Morgan fingerprint density at radius 1 is 1.57 bits per heavy atom. The summed E-state index contributed by atoms with van der Waals surface area (Å²) < 4.78 is 13.0. The van der Waals surface area contributed by atoms with Crippen molar-refractivity contribution in [3.8, 4) is 5.75 Å². The average Bonchev–Trinajstić information content (AvgIpc) is 2.09. The zero-order valence-electron chi connectivity index (χ0n) is 7.49. The molecule has 0 aliphatic carbocycles. The van der Waals surface area contributed by atoms with Crippen molar-refractivity contribution in [2.75, 3.05) is 0 Å². The molecule has 14 heavy (non-hydrogen) atoms. The van der Waals surface area contributed by atoms with E-state index >= 15 is 0 Å². The second-order valence-corrected chi connectivity index (χ2v) is 3.00. The van der Waals surface area contributed by atoms with Gasteiger partial charge in [0.05, 0.1) is 0 Å². The number of carbonyl (C=O) groups is 1. The molecular formula is C9H10FNO3. The summed E-state index contributed by atoms with van der Waals surface area (Å²) in [5, 5.41) is 17.8. The molecule has 76 valence electrons. The Morgan fingerprint density at radius 2 is 2.14 bits per heavy atom. The highest BCUT2D eigenvalue weighted by Gasteiger charge is 2.20. The van der Waals surface area contributed by atoms with E-state index < -0.39 is 23.6 Å². The molecule has 0 aromatic heterocycles. The molecule has 0 saturated heterocycles. The summed E-state index contributed by atoms with van der Waals surface area (Å²) in [5.41, 5.74) is 5.64. The summed E-state index contributed by atoms with van der Waals surface area (Å²) in [5.74, 6) is -2.88. The second-order valence-electron chi connectivity index (χ2n) is 3.00. The van der Waals surface area contributed by atoms with Gasteiger partial charge in [-0.2, -0.15) is 0 Å². The number of aryl methyl sites for hydroxylation is 1. The molecule has 0 bridgehead atoms. The summed E-state index contributed by atoms with van der Waals surface area (Å²) in [6, 6.07) is 1.04. The van der Waals surface area contributed by atoms with E-state index in [1.165, 1.54) is 6.07 Å². The maximum Gasteiger partial charge on any atom is 0.325 e. The number of hydrogen-bond donors (Lipinski definition) is 3. The standard InChI is InChI=1S/C9H10FNO3/c1-4-2-5(7(11)9(13)14)8(12)6(10)3-4/h2-3,7,12H,11H2,1H3,(H,13,14). The van der Waals surface area contributed by atoms with Gasteiger partial charge in [-0.15, -0.1) is 0 Å². The first-order valence-corrected chi connectivity index (χ1v) is 3.91. The molecule has 1 aromatic rings. The van der Waals surface area contributed by atoms with Gasteiger partial charge in [0, 0.05) is 5.56 Å². The summed E-state index contributed by atoms with van der Waals surface area (Å²) in [7, 11) is 0. The van der Waals surface area contributed by atoms with Crippen LogP contribution >= 0.6 is 0 Å². The largest absolute Gasteiger partial charge is 0.505 e. The molecule has 0 fully saturated rings. The molecule has 5 heteroatoms. The van der Waals surface area contributed by atoms with Crippen LogP contribution in [0.25, 0.3) is 0 Å². The predicted molar refractivity (Wildman–Crippen MR) is 47.4 cm³/mol. The fraction of sp³-hybridized carbons (Fsp3) is 0.222. The third-order valence-electron chi connectivity index (χ3n) is 1.84. The molecule has 1 unspecified atom stereocenters. The molecule has 0 amide bonds. The number of rotatable bonds is 2. The molecule has 1 rings (SSSR count). The van der Waals surface area contributed by atoms with Crippen molar-refractivity contribution in [1.29, 1.82) is 0 Å². The van der Waals surface area contributed by atoms with Gasteiger partial charge in [-0.05, 0) is 18.6 Å². The van der Waals surface area contributed by atoms with Crippen molar-refractivity contribution < 1.29 is 19.4 Å². The summed E-state index contributed by atoms with van der Waals surface area (Å²) >= 11 is 0. The third-order valence-corrected chi connectivity index (χ3v) is 1.84. The van der Waals surface area contributed by atoms with Crippen molar-refractivity contribution in [3.05, 3.63) is 29.1 Å². The molecule has 4 nitrogen and oxygen atoms in total. The van der Waals surface area contributed by atoms with Crippen molar-refractivity contribution in [2.45, 2.75) is 13.0 Å². The molecule has 0 aliphatic rings. The van der Waals surface area contributed by atoms with E-state index in [9.17, 15) is 14.3 Å². The van der Waals surface area contributed by atoms with E-state index in [0.29, 0.717) is 5.56 Å². The van der Waals surface area contributed by atoms with Crippen LogP contribution < -0.4 is 5.73 Å². The highest BCUT2D eigenvalue weighted by atomic mass is 19.1. The number of nitrogens with two attached hydrogens (primary N) is 1. The Morgan fingerprint density at radius 3 is 2.64 bits per heavy atom. The van der Waals surface area contributed by atoms with Crippen molar-refractivity contribution in [2.24, 2.45) is 5.73 Å². The van der Waals surface area contributed by atoms with Crippen LogP contribution in [-0.4, -0.2) is 16.2 Å². The third kappa shape index (κ3) is 1.82. The minimum atomic E-state index is -1.41. The molecule has 0 aliphatic heterocycles. The Balaban J connectivity index is 3.26. The molecule has 1 atom stereocenters. The Labute approximate surface area is 79.8 Å². The predicted octanol–water partition coefficient (Wildman–Crippen LogP) is 0.924. The number of phenols is 1. The van der Waals surface area contributed by atoms with Gasteiger partial charge in [-0.3, -0.25) is 4.79 Å². The van der Waals surface area contributed by atoms with Crippen molar-refractivity contribution >= 4 is 5.97 Å². The molecule has 0 heterocycles. The molecule has 4 N–H and O–H groups in total. The Kier molecular flexibility index (Phi) is 2.71. The maximum absolute atomic E-state index is 13.0. The van der Waals surface area contributed by atoms with Gasteiger partial charge >= 0.3 is 5.97 Å². The zero-order chi connectivity index (χ0) is 10.9. The maximum atomic E-state index is 13.0. The first kappa shape index (κ1) is 10.5. The van der Waals surface area contributed by atoms with Crippen LogP contribution in [0, 0.1) is 12.7 Å². The highest BCUT2D eigenvalue weighted by Crippen LogP contribution is 2.27. The van der Waals surface area contributed by atoms with Gasteiger partial charge in [-0.25, -0.2) is 4.39 Å². The lowest BCUT2D eigenvalue weighted by Crippen LogP contribution is -2.21. The first-order chi connectivity index (χ1) is 6.43. The van der Waals surface area contributed by atoms with Crippen LogP contribution in [-0.2, 0) is 4.79 Å². The van der Waals surface area contributed by atoms with Crippen LogP contribution in [0.5, 0.6) is 5.75 Å². The Hall–Kier alpha value is -1.62. The highest BCUT2D eigenvalue weighted by molar-refractivity contribution is 5.76. The van der Waals surface area contributed by atoms with Gasteiger partial charge in [-0.1, -0.05) is 6.07 Å². The molecule has 0 saturated carbocycles. The van der Waals surface area contributed by atoms with Gasteiger partial charge in [0.15, 0.2) is 11.6 Å². The quantitative estimate of drug-likeness (QED) is 0.661. The van der Waals surface area contributed by atoms with Crippen LogP contribution in [0.1, 0.15) is 17.2 Å². The lowest BCUT2D eigenvalue weighted by molar-refractivity contribution is -0.138. The van der Waals surface area contributed by atoms with Gasteiger partial charge in [0.25, 0.3) is 0 Å². The normalized spacial score (nSPS) is 12.5. The molecule has 0 spiro atoms. The van der Waals surface area contributed by atoms with Crippen LogP contribution in [0.15, 0.2) is 12.1 Å². The number of aliphatic carboxylic acids is 1. The topological polar surface area (TPSA) is 83.5 Å². The number of hydrogen-bond acceptors (Lipinski definition) is 3. The van der Waals surface area contributed by atoms with E-state index in [2.05, 4.69) is 0 Å². The number of aromatic hydroxyl groups is 1. The van der Waals surface area contributed by atoms with Gasteiger partial charge in [0.2, 0.25) is 0 Å². The lowest BCUT2D eigenvalue weighted by atomic mass is 10.0. The lowest BCUT2D eigenvalue weighted by Gasteiger charge is -2.10. The van der Waals surface area contributed by atoms with E-state index in [4.69, 9.17) is 10.8 Å². The van der Waals surface area contributed by atoms with E-state index in [1.54, 1.807) is 6.92 Å². The van der Waals surface area contributed by atoms with Crippen LogP contribution in [0.2, 0.25) is 0 Å². The summed E-state index contributed by atoms with van der Waals surface area (Å²) in [6.07, 6.45) is 0. The first-order valence-electron chi connectivity index (χ1n) is 3.91. The number of benzene rings is 1. The smallest absolute Gasteiger partial charge is 0.325 e. The van der Waals surface area contributed by atoms with Crippen LogP contribution in [0.4, 0.5) is 4.39 Å².